The number of halogens is 2. The number of nitrogens with zero attached hydrogens (tertiary/aromatic N) is 2. The highest BCUT2D eigenvalue weighted by Crippen LogP contribution is 2.24. The van der Waals surface area contributed by atoms with Gasteiger partial charge in [0.1, 0.15) is 0 Å². The fourth-order valence-corrected chi connectivity index (χ4v) is 3.08. The number of benzene rings is 2. The summed E-state index contributed by atoms with van der Waals surface area (Å²) in [5.74, 6) is 0. The zero-order valence-electron chi connectivity index (χ0n) is 13.4. The Balaban J connectivity index is 1.58. The fraction of sp³-hybridized carbons (Fsp3) is 0.278. The van der Waals surface area contributed by atoms with E-state index in [0.717, 1.165) is 29.4 Å². The number of anilines is 2. The lowest BCUT2D eigenvalue weighted by Gasteiger charge is -2.36. The molecule has 1 aliphatic heterocycles. The van der Waals surface area contributed by atoms with Gasteiger partial charge in [-0.3, -0.25) is 0 Å². The lowest BCUT2D eigenvalue weighted by atomic mass is 10.2. The molecule has 1 saturated heterocycles. The van der Waals surface area contributed by atoms with Crippen LogP contribution in [0.3, 0.4) is 0 Å². The monoisotopic (exact) mass is 363 g/mol. The van der Waals surface area contributed by atoms with E-state index in [2.05, 4.69) is 16.3 Å². The van der Waals surface area contributed by atoms with E-state index in [1.54, 1.807) is 12.1 Å². The van der Waals surface area contributed by atoms with Crippen LogP contribution in [0, 0.1) is 6.92 Å². The normalized spacial score (nSPS) is 14.6. The SMILES string of the molecule is Cc1ccc(N2CCN(C(=O)Nc3cccc(Cl)c3)CC2)cc1Cl. The maximum atomic E-state index is 12.4. The molecule has 0 radical (unpaired) electrons. The molecular weight excluding hydrogens is 345 g/mol. The predicted octanol–water partition coefficient (Wildman–Crippen LogP) is 4.66. The molecule has 0 aliphatic carbocycles. The van der Waals surface area contributed by atoms with Crippen molar-refractivity contribution in [3.63, 3.8) is 0 Å². The molecule has 0 atom stereocenters. The molecule has 2 aromatic carbocycles. The van der Waals surface area contributed by atoms with Gasteiger partial charge >= 0.3 is 6.03 Å². The Bertz CT molecular complexity index is 743. The van der Waals surface area contributed by atoms with Crippen molar-refractivity contribution in [2.24, 2.45) is 0 Å². The van der Waals surface area contributed by atoms with E-state index >= 15 is 0 Å². The first-order valence-corrected chi connectivity index (χ1v) is 8.61. The summed E-state index contributed by atoms with van der Waals surface area (Å²) in [5.41, 5.74) is 2.88. The van der Waals surface area contributed by atoms with Crippen molar-refractivity contribution in [2.45, 2.75) is 6.92 Å². The lowest BCUT2D eigenvalue weighted by molar-refractivity contribution is 0.208. The van der Waals surface area contributed by atoms with Gasteiger partial charge in [0, 0.05) is 47.6 Å². The van der Waals surface area contributed by atoms with Crippen LogP contribution in [0.25, 0.3) is 0 Å². The number of amides is 2. The van der Waals surface area contributed by atoms with Crippen LogP contribution in [0.4, 0.5) is 16.2 Å². The van der Waals surface area contributed by atoms with Gasteiger partial charge in [0.15, 0.2) is 0 Å². The summed E-state index contributed by atoms with van der Waals surface area (Å²) in [6.45, 7) is 4.88. The summed E-state index contributed by atoms with van der Waals surface area (Å²) in [6.07, 6.45) is 0. The molecular formula is C18H19Cl2N3O. The van der Waals surface area contributed by atoms with Gasteiger partial charge in [-0.2, -0.15) is 0 Å². The molecule has 126 valence electrons. The highest BCUT2D eigenvalue weighted by Gasteiger charge is 2.21. The van der Waals surface area contributed by atoms with E-state index in [4.69, 9.17) is 23.2 Å². The maximum absolute atomic E-state index is 12.4. The Hall–Kier alpha value is -1.91. The number of urea groups is 1. The van der Waals surface area contributed by atoms with Crippen LogP contribution in [0.2, 0.25) is 10.0 Å². The zero-order chi connectivity index (χ0) is 17.1. The average molecular weight is 364 g/mol. The standard InChI is InChI=1S/C18H19Cl2N3O/c1-13-5-6-16(12-17(13)20)22-7-9-23(10-8-22)18(24)21-15-4-2-3-14(19)11-15/h2-6,11-12H,7-10H2,1H3,(H,21,24). The van der Waals surface area contributed by atoms with Gasteiger partial charge in [-0.15, -0.1) is 0 Å². The second-order valence-electron chi connectivity index (χ2n) is 5.85. The molecule has 24 heavy (non-hydrogen) atoms. The van der Waals surface area contributed by atoms with Crippen molar-refractivity contribution in [3.05, 3.63) is 58.1 Å². The molecule has 2 aromatic rings. The number of carbonyl (C=O) groups is 1. The third-order valence-electron chi connectivity index (χ3n) is 4.16. The first kappa shape index (κ1) is 16.9. The van der Waals surface area contributed by atoms with Crippen LogP contribution in [0.15, 0.2) is 42.5 Å². The third-order valence-corrected chi connectivity index (χ3v) is 4.81. The predicted molar refractivity (Wildman–Crippen MR) is 100 cm³/mol. The van der Waals surface area contributed by atoms with E-state index in [-0.39, 0.29) is 6.03 Å². The number of hydrogen-bond acceptors (Lipinski definition) is 2. The molecule has 0 saturated carbocycles. The van der Waals surface area contributed by atoms with Gasteiger partial charge in [-0.1, -0.05) is 35.3 Å². The van der Waals surface area contributed by atoms with Crippen molar-refractivity contribution in [2.75, 3.05) is 36.4 Å². The zero-order valence-corrected chi connectivity index (χ0v) is 14.9. The van der Waals surface area contributed by atoms with Gasteiger partial charge in [0.05, 0.1) is 0 Å². The Morgan fingerprint density at radius 2 is 1.79 bits per heavy atom. The smallest absolute Gasteiger partial charge is 0.321 e. The Morgan fingerprint density at radius 1 is 1.04 bits per heavy atom. The summed E-state index contributed by atoms with van der Waals surface area (Å²) in [5, 5.41) is 4.26. The van der Waals surface area contributed by atoms with Crippen molar-refractivity contribution in [3.8, 4) is 0 Å². The van der Waals surface area contributed by atoms with Crippen LogP contribution in [0.5, 0.6) is 0 Å². The summed E-state index contributed by atoms with van der Waals surface area (Å²) in [7, 11) is 0. The molecule has 6 heteroatoms. The number of hydrogen-bond donors (Lipinski definition) is 1. The molecule has 0 aromatic heterocycles. The summed E-state index contributed by atoms with van der Waals surface area (Å²) >= 11 is 12.1. The Morgan fingerprint density at radius 3 is 2.46 bits per heavy atom. The third kappa shape index (κ3) is 3.94. The van der Waals surface area contributed by atoms with Crippen LogP contribution in [0.1, 0.15) is 5.56 Å². The van der Waals surface area contributed by atoms with E-state index in [1.807, 2.05) is 36.1 Å². The minimum atomic E-state index is -0.0983. The Kier molecular flexibility index (Phi) is 5.17. The average Bonchev–Trinajstić information content (AvgIpc) is 2.57. The largest absolute Gasteiger partial charge is 0.368 e. The molecule has 1 heterocycles. The number of aryl methyl sites for hydroxylation is 1. The first-order valence-electron chi connectivity index (χ1n) is 7.85. The second-order valence-corrected chi connectivity index (χ2v) is 6.69. The van der Waals surface area contributed by atoms with Gasteiger partial charge in [-0.25, -0.2) is 4.79 Å². The molecule has 0 bridgehead atoms. The highest BCUT2D eigenvalue weighted by atomic mass is 35.5. The molecule has 0 spiro atoms. The van der Waals surface area contributed by atoms with E-state index in [9.17, 15) is 4.79 Å². The lowest BCUT2D eigenvalue weighted by Crippen LogP contribution is -2.50. The van der Waals surface area contributed by atoms with Crippen molar-refractivity contribution >= 4 is 40.6 Å². The number of rotatable bonds is 2. The summed E-state index contributed by atoms with van der Waals surface area (Å²) in [4.78, 5) is 16.4. The van der Waals surface area contributed by atoms with Crippen molar-refractivity contribution < 1.29 is 4.79 Å². The Labute approximate surface area is 152 Å². The summed E-state index contributed by atoms with van der Waals surface area (Å²) < 4.78 is 0. The number of carbonyl (C=O) groups excluding carboxylic acids is 1. The van der Waals surface area contributed by atoms with Crippen molar-refractivity contribution in [1.82, 2.24) is 4.90 Å². The topological polar surface area (TPSA) is 35.6 Å². The van der Waals surface area contributed by atoms with Crippen molar-refractivity contribution in [1.29, 1.82) is 0 Å². The highest BCUT2D eigenvalue weighted by molar-refractivity contribution is 6.31. The number of piperazine rings is 1. The fourth-order valence-electron chi connectivity index (χ4n) is 2.71. The van der Waals surface area contributed by atoms with Gasteiger partial charge < -0.3 is 15.1 Å². The summed E-state index contributed by atoms with van der Waals surface area (Å²) in [6, 6.07) is 13.1. The van der Waals surface area contributed by atoms with Gasteiger partial charge in [0.25, 0.3) is 0 Å². The minimum absolute atomic E-state index is 0.0983. The molecule has 1 aliphatic rings. The van der Waals surface area contributed by atoms with Gasteiger partial charge in [0.2, 0.25) is 0 Å². The van der Waals surface area contributed by atoms with Crippen LogP contribution >= 0.6 is 23.2 Å². The first-order chi connectivity index (χ1) is 11.5. The maximum Gasteiger partial charge on any atom is 0.321 e. The quantitative estimate of drug-likeness (QED) is 0.842. The van der Waals surface area contributed by atoms with Gasteiger partial charge in [-0.05, 0) is 42.8 Å². The molecule has 0 unspecified atom stereocenters. The molecule has 4 nitrogen and oxygen atoms in total. The molecule has 1 fully saturated rings. The molecule has 2 amide bonds. The van der Waals surface area contributed by atoms with Crippen LogP contribution in [-0.4, -0.2) is 37.1 Å². The molecule has 1 N–H and O–H groups in total. The van der Waals surface area contributed by atoms with E-state index in [0.29, 0.717) is 23.8 Å². The van der Waals surface area contributed by atoms with Crippen LogP contribution < -0.4 is 10.2 Å². The second kappa shape index (κ2) is 7.32. The number of nitrogens with one attached hydrogen (secondary N) is 1. The molecule has 3 rings (SSSR count). The van der Waals surface area contributed by atoms with Crippen LogP contribution in [-0.2, 0) is 0 Å². The van der Waals surface area contributed by atoms with E-state index in [1.165, 1.54) is 0 Å². The minimum Gasteiger partial charge on any atom is -0.368 e. The van der Waals surface area contributed by atoms with E-state index < -0.39 is 0 Å².